The van der Waals surface area contributed by atoms with Crippen molar-refractivity contribution < 1.29 is 23.9 Å². The average molecular weight is 377 g/mol. The number of carbonyl (C=O) groups excluding carboxylic acids is 3. The van der Waals surface area contributed by atoms with Crippen LogP contribution in [0.25, 0.3) is 0 Å². The molecule has 1 aliphatic heterocycles. The van der Waals surface area contributed by atoms with Gasteiger partial charge in [-0.1, -0.05) is 0 Å². The average Bonchev–Trinajstić information content (AvgIpc) is 2.68. The molecular weight excluding hydrogens is 350 g/mol. The lowest BCUT2D eigenvalue weighted by atomic mass is 10.1. The monoisotopic (exact) mass is 377 g/mol. The van der Waals surface area contributed by atoms with E-state index >= 15 is 0 Å². The van der Waals surface area contributed by atoms with E-state index in [1.165, 1.54) is 0 Å². The van der Waals surface area contributed by atoms with Crippen molar-refractivity contribution in [3.8, 4) is 5.75 Å². The van der Waals surface area contributed by atoms with Crippen molar-refractivity contribution in [2.45, 2.75) is 32.7 Å². The van der Waals surface area contributed by atoms with Crippen LogP contribution in [0.5, 0.6) is 5.75 Å². The van der Waals surface area contributed by atoms with Gasteiger partial charge in [-0.15, -0.1) is 0 Å². The highest BCUT2D eigenvalue weighted by molar-refractivity contribution is 5.96. The van der Waals surface area contributed by atoms with E-state index in [1.54, 1.807) is 36.1 Å². The summed E-state index contributed by atoms with van der Waals surface area (Å²) in [6.07, 6.45) is 1.01. The Kier molecular flexibility index (Phi) is 7.91. The molecule has 8 nitrogen and oxygen atoms in total. The summed E-state index contributed by atoms with van der Waals surface area (Å²) in [6, 6.07) is 6.74. The molecule has 0 saturated carbocycles. The van der Waals surface area contributed by atoms with Crippen molar-refractivity contribution in [2.24, 2.45) is 0 Å². The minimum atomic E-state index is -0.315. The molecule has 1 fully saturated rings. The Labute approximate surface area is 159 Å². The molecule has 2 N–H and O–H groups in total. The number of hydrogen-bond donors (Lipinski definition) is 2. The number of carbonyl (C=O) groups is 3. The minimum Gasteiger partial charge on any atom is -0.494 e. The maximum Gasteiger partial charge on any atom is 0.409 e. The van der Waals surface area contributed by atoms with E-state index in [4.69, 9.17) is 9.47 Å². The molecule has 2 rings (SSSR count). The molecule has 0 atom stereocenters. The fourth-order valence-electron chi connectivity index (χ4n) is 2.83. The summed E-state index contributed by atoms with van der Waals surface area (Å²) < 4.78 is 10.3. The van der Waals surface area contributed by atoms with E-state index in [0.717, 1.165) is 0 Å². The second-order valence-corrected chi connectivity index (χ2v) is 6.17. The Balaban J connectivity index is 1.70. The van der Waals surface area contributed by atoms with Crippen LogP contribution >= 0.6 is 0 Å². The van der Waals surface area contributed by atoms with Crippen LogP contribution < -0.4 is 15.4 Å². The summed E-state index contributed by atoms with van der Waals surface area (Å²) in [5.74, 6) is 0.134. The summed E-state index contributed by atoms with van der Waals surface area (Å²) >= 11 is 0. The molecule has 148 valence electrons. The highest BCUT2D eigenvalue weighted by Crippen LogP contribution is 2.12. The number of ether oxygens (including phenoxy) is 2. The number of likely N-dealkylation sites (tertiary alicyclic amines) is 1. The highest BCUT2D eigenvalue weighted by atomic mass is 16.6. The van der Waals surface area contributed by atoms with Crippen molar-refractivity contribution >= 4 is 17.9 Å². The van der Waals surface area contributed by atoms with E-state index in [0.29, 0.717) is 50.5 Å². The molecule has 0 spiro atoms. The van der Waals surface area contributed by atoms with Crippen LogP contribution in [0.1, 0.15) is 37.0 Å². The number of nitrogens with zero attached hydrogens (tertiary/aromatic N) is 1. The van der Waals surface area contributed by atoms with Crippen LogP contribution in [0.3, 0.4) is 0 Å². The van der Waals surface area contributed by atoms with Gasteiger partial charge in [0.15, 0.2) is 0 Å². The van der Waals surface area contributed by atoms with Gasteiger partial charge in [-0.25, -0.2) is 4.79 Å². The zero-order valence-electron chi connectivity index (χ0n) is 15.8. The van der Waals surface area contributed by atoms with Crippen LogP contribution in [0.4, 0.5) is 4.79 Å². The fourth-order valence-corrected chi connectivity index (χ4v) is 2.83. The predicted molar refractivity (Wildman–Crippen MR) is 99.7 cm³/mol. The van der Waals surface area contributed by atoms with Crippen LogP contribution in [0, 0.1) is 0 Å². The number of amides is 3. The van der Waals surface area contributed by atoms with Crippen molar-refractivity contribution in [2.75, 3.05) is 32.8 Å². The van der Waals surface area contributed by atoms with E-state index in [2.05, 4.69) is 10.6 Å². The Morgan fingerprint density at radius 3 is 2.33 bits per heavy atom. The third-order valence-corrected chi connectivity index (χ3v) is 4.22. The number of piperidine rings is 1. The standard InChI is InChI=1S/C19H27N3O5/c1-3-26-16-7-5-14(6-8-16)18(24)20-13-17(23)21-15-9-11-22(12-10-15)19(25)27-4-2/h5-8,15H,3-4,9-13H2,1-2H3,(H,20,24)(H,21,23). The molecule has 0 aromatic heterocycles. The zero-order valence-corrected chi connectivity index (χ0v) is 15.8. The molecule has 1 saturated heterocycles. The molecule has 0 aliphatic carbocycles. The van der Waals surface area contributed by atoms with Crippen LogP contribution in [-0.4, -0.2) is 61.7 Å². The van der Waals surface area contributed by atoms with Crippen molar-refractivity contribution in [1.82, 2.24) is 15.5 Å². The molecular formula is C19H27N3O5. The molecule has 0 bridgehead atoms. The first-order chi connectivity index (χ1) is 13.0. The zero-order chi connectivity index (χ0) is 19.6. The second kappa shape index (κ2) is 10.4. The summed E-state index contributed by atoms with van der Waals surface area (Å²) in [4.78, 5) is 37.4. The van der Waals surface area contributed by atoms with Gasteiger partial charge in [0.05, 0.1) is 19.8 Å². The van der Waals surface area contributed by atoms with Crippen LogP contribution in [-0.2, 0) is 9.53 Å². The number of benzene rings is 1. The first-order valence-corrected chi connectivity index (χ1v) is 9.25. The molecule has 1 aromatic rings. The maximum atomic E-state index is 12.1. The Hall–Kier alpha value is -2.77. The number of nitrogens with one attached hydrogen (secondary N) is 2. The summed E-state index contributed by atoms with van der Waals surface area (Å²) in [5.41, 5.74) is 0.467. The summed E-state index contributed by atoms with van der Waals surface area (Å²) in [7, 11) is 0. The first-order valence-electron chi connectivity index (χ1n) is 9.25. The molecule has 8 heteroatoms. The quantitative estimate of drug-likeness (QED) is 0.751. The van der Waals surface area contributed by atoms with Gasteiger partial charge in [-0.2, -0.15) is 0 Å². The Morgan fingerprint density at radius 1 is 1.07 bits per heavy atom. The van der Waals surface area contributed by atoms with Gasteiger partial charge >= 0.3 is 6.09 Å². The Morgan fingerprint density at radius 2 is 1.74 bits per heavy atom. The van der Waals surface area contributed by atoms with Gasteiger partial charge in [0, 0.05) is 24.7 Å². The van der Waals surface area contributed by atoms with Gasteiger partial charge in [0.1, 0.15) is 5.75 Å². The summed E-state index contributed by atoms with van der Waals surface area (Å²) in [5, 5.41) is 5.50. The molecule has 0 unspecified atom stereocenters. The number of hydrogen-bond acceptors (Lipinski definition) is 5. The van der Waals surface area contributed by atoms with Crippen molar-refractivity contribution in [3.63, 3.8) is 0 Å². The number of rotatable bonds is 7. The van der Waals surface area contributed by atoms with Gasteiger partial charge in [-0.05, 0) is 51.0 Å². The highest BCUT2D eigenvalue weighted by Gasteiger charge is 2.24. The van der Waals surface area contributed by atoms with Crippen LogP contribution in [0.2, 0.25) is 0 Å². The van der Waals surface area contributed by atoms with Crippen molar-refractivity contribution in [1.29, 1.82) is 0 Å². The molecule has 1 aliphatic rings. The van der Waals surface area contributed by atoms with E-state index < -0.39 is 0 Å². The second-order valence-electron chi connectivity index (χ2n) is 6.17. The van der Waals surface area contributed by atoms with Gasteiger partial charge < -0.3 is 25.0 Å². The smallest absolute Gasteiger partial charge is 0.409 e. The van der Waals surface area contributed by atoms with Gasteiger partial charge in [0.25, 0.3) is 5.91 Å². The lowest BCUT2D eigenvalue weighted by molar-refractivity contribution is -0.121. The SMILES string of the molecule is CCOC(=O)N1CCC(NC(=O)CNC(=O)c2ccc(OCC)cc2)CC1. The van der Waals surface area contributed by atoms with E-state index in [1.807, 2.05) is 6.92 Å². The molecule has 27 heavy (non-hydrogen) atoms. The van der Waals surface area contributed by atoms with E-state index in [-0.39, 0.29) is 30.5 Å². The normalized spacial score (nSPS) is 14.4. The lowest BCUT2D eigenvalue weighted by Crippen LogP contribution is -2.48. The first kappa shape index (κ1) is 20.5. The largest absolute Gasteiger partial charge is 0.494 e. The third kappa shape index (κ3) is 6.47. The van der Waals surface area contributed by atoms with Crippen molar-refractivity contribution in [3.05, 3.63) is 29.8 Å². The van der Waals surface area contributed by atoms with Crippen LogP contribution in [0.15, 0.2) is 24.3 Å². The molecule has 1 heterocycles. The minimum absolute atomic E-state index is 0.00875. The predicted octanol–water partition coefficient (Wildman–Crippen LogP) is 1.55. The molecule has 3 amide bonds. The van der Waals surface area contributed by atoms with Gasteiger partial charge in [-0.3, -0.25) is 9.59 Å². The topological polar surface area (TPSA) is 97.0 Å². The maximum absolute atomic E-state index is 12.1. The summed E-state index contributed by atoms with van der Waals surface area (Å²) in [6.45, 7) is 5.56. The lowest BCUT2D eigenvalue weighted by Gasteiger charge is -2.31. The van der Waals surface area contributed by atoms with Gasteiger partial charge in [0.2, 0.25) is 5.91 Å². The molecule has 0 radical (unpaired) electrons. The fraction of sp³-hybridized carbons (Fsp3) is 0.526. The molecule has 1 aromatic carbocycles. The third-order valence-electron chi connectivity index (χ3n) is 4.22. The Bertz CT molecular complexity index is 639. The van der Waals surface area contributed by atoms with E-state index in [9.17, 15) is 14.4 Å².